The molecule has 0 rings (SSSR count). The first-order valence-electron chi connectivity index (χ1n) is 4.82. The maximum absolute atomic E-state index is 10.2. The van der Waals surface area contributed by atoms with E-state index in [0.717, 1.165) is 25.7 Å². The molecule has 0 fully saturated rings. The number of rotatable bonds is 6. The molecule has 90 valence electrons. The molecule has 0 aliphatic carbocycles. The van der Waals surface area contributed by atoms with Crippen molar-refractivity contribution in [1.82, 2.24) is 0 Å². The molecule has 0 bridgehead atoms. The van der Waals surface area contributed by atoms with Crippen LogP contribution in [0.1, 0.15) is 39.0 Å². The first-order chi connectivity index (χ1) is 6.88. The van der Waals surface area contributed by atoms with Crippen molar-refractivity contribution in [3.63, 3.8) is 0 Å². The summed E-state index contributed by atoms with van der Waals surface area (Å²) in [5.74, 6) is 0. The van der Waals surface area contributed by atoms with E-state index in [2.05, 4.69) is 11.7 Å². The number of carbonyl (C=O) groups is 1. The van der Waals surface area contributed by atoms with Gasteiger partial charge in [0.25, 0.3) is 6.16 Å². The molecule has 0 amide bonds. The van der Waals surface area contributed by atoms with Gasteiger partial charge in [0.2, 0.25) is 3.79 Å². The minimum absolute atomic E-state index is 0. The van der Waals surface area contributed by atoms with Gasteiger partial charge in [0.15, 0.2) is 0 Å². The van der Waals surface area contributed by atoms with Crippen LogP contribution < -0.4 is 56.5 Å². The van der Waals surface area contributed by atoms with E-state index in [0.29, 0.717) is 6.42 Å². The standard InChI is InChI=1S/C9H15Cl3O3.K/c1-2-3-4-5-6-7(9(10,11)12)15-8(13)14;/h7H,2-6H2,1H3,(H,13,14);/q;+1/p-1. The molecule has 1 unspecified atom stereocenters. The number of halogens is 3. The first-order valence-corrected chi connectivity index (χ1v) is 5.95. The Morgan fingerprint density at radius 3 is 2.25 bits per heavy atom. The predicted octanol–water partition coefficient (Wildman–Crippen LogP) is 0.0595. The zero-order valence-electron chi connectivity index (χ0n) is 9.47. The quantitative estimate of drug-likeness (QED) is 0.301. The van der Waals surface area contributed by atoms with Crippen molar-refractivity contribution < 1.29 is 66.0 Å². The number of unbranched alkanes of at least 4 members (excludes halogenated alkanes) is 3. The number of hydrogen-bond acceptors (Lipinski definition) is 3. The van der Waals surface area contributed by atoms with Crippen LogP contribution in [0.2, 0.25) is 0 Å². The Morgan fingerprint density at radius 1 is 1.31 bits per heavy atom. The summed E-state index contributed by atoms with van der Waals surface area (Å²) in [6.45, 7) is 2.07. The number of carboxylic acid groups (broad SMARTS) is 1. The van der Waals surface area contributed by atoms with Gasteiger partial charge in [-0.25, -0.2) is 0 Å². The Labute approximate surface area is 154 Å². The summed E-state index contributed by atoms with van der Waals surface area (Å²) in [6, 6.07) is 0. The summed E-state index contributed by atoms with van der Waals surface area (Å²) in [6.07, 6.45) is 1.65. The van der Waals surface area contributed by atoms with Crippen molar-refractivity contribution in [3.05, 3.63) is 0 Å². The fourth-order valence-electron chi connectivity index (χ4n) is 1.16. The summed E-state index contributed by atoms with van der Waals surface area (Å²) in [7, 11) is 0. The molecule has 16 heavy (non-hydrogen) atoms. The van der Waals surface area contributed by atoms with Crippen LogP contribution in [0.4, 0.5) is 4.79 Å². The van der Waals surface area contributed by atoms with E-state index in [4.69, 9.17) is 34.8 Å². The molecule has 0 radical (unpaired) electrons. The summed E-state index contributed by atoms with van der Waals surface area (Å²) in [4.78, 5) is 10.2. The van der Waals surface area contributed by atoms with Crippen molar-refractivity contribution in [1.29, 1.82) is 0 Å². The molecule has 7 heteroatoms. The van der Waals surface area contributed by atoms with Gasteiger partial charge in [0, 0.05) is 0 Å². The van der Waals surface area contributed by atoms with E-state index in [9.17, 15) is 9.90 Å². The second kappa shape index (κ2) is 10.7. The molecule has 0 aliphatic heterocycles. The van der Waals surface area contributed by atoms with Crippen molar-refractivity contribution in [2.24, 2.45) is 0 Å². The molecule has 0 aromatic rings. The zero-order chi connectivity index (χ0) is 11.9. The smallest absolute Gasteiger partial charge is 0.542 e. The maximum Gasteiger partial charge on any atom is 1.00 e. The molecule has 0 aromatic carbocycles. The molecule has 0 aliphatic rings. The largest absolute Gasteiger partial charge is 1.00 e. The van der Waals surface area contributed by atoms with Gasteiger partial charge >= 0.3 is 51.4 Å². The predicted molar refractivity (Wildman–Crippen MR) is 59.3 cm³/mol. The average Bonchev–Trinajstić information content (AvgIpc) is 2.08. The number of ether oxygens (including phenoxy) is 1. The molecule has 1 atom stereocenters. The Bertz CT molecular complexity index is 197. The third-order valence-corrected chi connectivity index (χ3v) is 2.65. The molecule has 0 saturated carbocycles. The minimum atomic E-state index is -1.73. The van der Waals surface area contributed by atoms with E-state index in [1.807, 2.05) is 0 Å². The Balaban J connectivity index is 0. The fourth-order valence-corrected chi connectivity index (χ4v) is 1.62. The molecule has 0 heterocycles. The third-order valence-electron chi connectivity index (χ3n) is 1.92. The Morgan fingerprint density at radius 2 is 1.88 bits per heavy atom. The minimum Gasteiger partial charge on any atom is -0.542 e. The van der Waals surface area contributed by atoms with Crippen LogP contribution in [-0.4, -0.2) is 16.1 Å². The Hall–Kier alpha value is 1.78. The van der Waals surface area contributed by atoms with Crippen molar-refractivity contribution in [3.8, 4) is 0 Å². The maximum atomic E-state index is 10.2. The van der Waals surface area contributed by atoms with Crippen LogP contribution in [-0.2, 0) is 4.74 Å². The van der Waals surface area contributed by atoms with Crippen molar-refractivity contribution >= 4 is 41.0 Å². The van der Waals surface area contributed by atoms with Crippen LogP contribution in [0.3, 0.4) is 0 Å². The Kier molecular flexibility index (Phi) is 13.4. The van der Waals surface area contributed by atoms with Gasteiger partial charge in [0.05, 0.1) is 6.10 Å². The van der Waals surface area contributed by atoms with Crippen LogP contribution in [0.25, 0.3) is 0 Å². The first kappa shape index (κ1) is 20.1. The van der Waals surface area contributed by atoms with Gasteiger partial charge in [-0.05, 0) is 6.42 Å². The van der Waals surface area contributed by atoms with Crippen LogP contribution in [0.15, 0.2) is 0 Å². The monoisotopic (exact) mass is 314 g/mol. The van der Waals surface area contributed by atoms with Gasteiger partial charge < -0.3 is 14.6 Å². The van der Waals surface area contributed by atoms with Gasteiger partial charge in [-0.3, -0.25) is 0 Å². The zero-order valence-corrected chi connectivity index (χ0v) is 14.9. The van der Waals surface area contributed by atoms with E-state index in [1.165, 1.54) is 0 Å². The second-order valence-corrected chi connectivity index (χ2v) is 5.62. The average molecular weight is 316 g/mol. The fraction of sp³-hybridized carbons (Fsp3) is 0.889. The van der Waals surface area contributed by atoms with Crippen molar-refractivity contribution in [2.75, 3.05) is 0 Å². The molecule has 0 spiro atoms. The molecular weight excluding hydrogens is 302 g/mol. The molecule has 0 N–H and O–H groups in total. The van der Waals surface area contributed by atoms with Gasteiger partial charge in [0.1, 0.15) is 0 Å². The third kappa shape index (κ3) is 10.9. The summed E-state index contributed by atoms with van der Waals surface area (Å²) >= 11 is 16.7. The van der Waals surface area contributed by atoms with E-state index >= 15 is 0 Å². The van der Waals surface area contributed by atoms with E-state index in [-0.39, 0.29) is 51.4 Å². The van der Waals surface area contributed by atoms with Gasteiger partial charge in [-0.15, -0.1) is 0 Å². The number of alkyl halides is 3. The SMILES string of the molecule is CCCCCCC(OC(=O)[O-])C(Cl)(Cl)Cl.[K+]. The summed E-state index contributed by atoms with van der Waals surface area (Å²) < 4.78 is 2.67. The summed E-state index contributed by atoms with van der Waals surface area (Å²) in [5, 5.41) is 10.2. The van der Waals surface area contributed by atoms with Crippen LogP contribution in [0.5, 0.6) is 0 Å². The van der Waals surface area contributed by atoms with E-state index in [1.54, 1.807) is 0 Å². The molecule has 0 aromatic heterocycles. The summed E-state index contributed by atoms with van der Waals surface area (Å²) in [5.41, 5.74) is 0. The van der Waals surface area contributed by atoms with Gasteiger partial charge in [-0.1, -0.05) is 67.4 Å². The number of hydrogen-bond donors (Lipinski definition) is 0. The van der Waals surface area contributed by atoms with Crippen LogP contribution >= 0.6 is 34.8 Å². The number of carbonyl (C=O) groups excluding carboxylic acids is 1. The van der Waals surface area contributed by atoms with E-state index < -0.39 is 16.1 Å². The molecule has 3 nitrogen and oxygen atoms in total. The van der Waals surface area contributed by atoms with Crippen molar-refractivity contribution in [2.45, 2.75) is 48.9 Å². The van der Waals surface area contributed by atoms with Crippen LogP contribution in [0, 0.1) is 0 Å². The topological polar surface area (TPSA) is 49.4 Å². The normalized spacial score (nSPS) is 12.8. The molecular formula is C9H14Cl3KO3. The molecule has 0 saturated heterocycles. The second-order valence-electron chi connectivity index (χ2n) is 3.25. The van der Waals surface area contributed by atoms with Gasteiger partial charge in [-0.2, -0.15) is 0 Å².